The molecule has 0 radical (unpaired) electrons. The Labute approximate surface area is 191 Å². The Balaban J connectivity index is 1.60. The average molecular weight is 443 g/mol. The van der Waals surface area contributed by atoms with Crippen LogP contribution >= 0.6 is 0 Å². The van der Waals surface area contributed by atoms with Gasteiger partial charge in [-0.3, -0.25) is 14.5 Å². The number of nitrogens with one attached hydrogen (secondary N) is 1. The Kier molecular flexibility index (Phi) is 7.17. The fourth-order valence-electron chi connectivity index (χ4n) is 6.00. The van der Waals surface area contributed by atoms with E-state index < -0.39 is 0 Å². The highest BCUT2D eigenvalue weighted by Crippen LogP contribution is 2.49. The van der Waals surface area contributed by atoms with Gasteiger partial charge in [-0.1, -0.05) is 13.0 Å². The van der Waals surface area contributed by atoms with E-state index >= 15 is 0 Å². The van der Waals surface area contributed by atoms with Crippen LogP contribution in [0.1, 0.15) is 56.3 Å². The number of pyridine rings is 1. The second kappa shape index (κ2) is 9.89. The van der Waals surface area contributed by atoms with Crippen molar-refractivity contribution in [3.05, 3.63) is 39.8 Å². The van der Waals surface area contributed by atoms with Gasteiger partial charge in [0.25, 0.3) is 5.56 Å². The van der Waals surface area contributed by atoms with Crippen molar-refractivity contribution in [1.82, 2.24) is 19.7 Å². The van der Waals surface area contributed by atoms with Gasteiger partial charge in [0.1, 0.15) is 0 Å². The molecule has 0 aromatic carbocycles. The zero-order valence-corrected chi connectivity index (χ0v) is 19.7. The van der Waals surface area contributed by atoms with E-state index in [1.54, 1.807) is 0 Å². The van der Waals surface area contributed by atoms with Crippen molar-refractivity contribution in [2.75, 3.05) is 40.3 Å². The predicted molar refractivity (Wildman–Crippen MR) is 126 cm³/mol. The van der Waals surface area contributed by atoms with Gasteiger partial charge in [0.2, 0.25) is 5.91 Å². The average Bonchev–Trinajstić information content (AvgIpc) is 3.47. The van der Waals surface area contributed by atoms with E-state index in [1.165, 1.54) is 5.57 Å². The van der Waals surface area contributed by atoms with Gasteiger partial charge in [0.05, 0.1) is 12.1 Å². The van der Waals surface area contributed by atoms with E-state index in [9.17, 15) is 14.7 Å². The Hall–Kier alpha value is -1.96. The molecule has 1 aromatic rings. The minimum atomic E-state index is -0.352. The van der Waals surface area contributed by atoms with Crippen molar-refractivity contribution >= 4 is 11.5 Å². The summed E-state index contributed by atoms with van der Waals surface area (Å²) in [7, 11) is 4.05. The number of amides is 1. The highest BCUT2D eigenvalue weighted by molar-refractivity contribution is 5.82. The number of hydrogen-bond donors (Lipinski definition) is 2. The van der Waals surface area contributed by atoms with Crippen LogP contribution < -0.4 is 10.9 Å². The highest BCUT2D eigenvalue weighted by atomic mass is 16.3. The monoisotopic (exact) mass is 442 g/mol. The number of aromatic nitrogens is 1. The minimum absolute atomic E-state index is 0.00364. The van der Waals surface area contributed by atoms with E-state index in [1.807, 2.05) is 24.7 Å². The van der Waals surface area contributed by atoms with Gasteiger partial charge < -0.3 is 19.9 Å². The van der Waals surface area contributed by atoms with Crippen molar-refractivity contribution in [1.29, 1.82) is 0 Å². The molecule has 3 heterocycles. The number of aliphatic hydroxyl groups is 1. The molecule has 1 aliphatic carbocycles. The lowest BCUT2D eigenvalue weighted by Crippen LogP contribution is -2.49. The molecule has 7 heteroatoms. The van der Waals surface area contributed by atoms with E-state index in [-0.39, 0.29) is 42.0 Å². The Morgan fingerprint density at radius 3 is 2.78 bits per heavy atom. The summed E-state index contributed by atoms with van der Waals surface area (Å²) in [6.07, 6.45) is 7.14. The first-order chi connectivity index (χ1) is 15.5. The van der Waals surface area contributed by atoms with Crippen molar-refractivity contribution in [3.8, 4) is 0 Å². The van der Waals surface area contributed by atoms with Gasteiger partial charge in [-0.2, -0.15) is 0 Å². The van der Waals surface area contributed by atoms with Crippen LogP contribution in [0.15, 0.2) is 23.0 Å². The van der Waals surface area contributed by atoms with Crippen LogP contribution in [0.5, 0.6) is 0 Å². The standard InChI is InChI=1S/C25H38N4O3/c1-4-13-28-22-19(20(16-30)23(28)24(31)26-12-7-14-27(2)3)15-29-21(22)11-10-18(25(29)32)17-8-5-6-9-17/h8,10-11,19-20,22-23,30H,4-7,9,12-16H2,1-3H3,(H,26,31)/t19-,20-,22+,23-/m0/s1. The summed E-state index contributed by atoms with van der Waals surface area (Å²) in [6, 6.07) is 3.73. The number of hydrogen-bond acceptors (Lipinski definition) is 5. The largest absolute Gasteiger partial charge is 0.396 e. The number of likely N-dealkylation sites (tertiary alicyclic amines) is 1. The summed E-state index contributed by atoms with van der Waals surface area (Å²) in [6.45, 7) is 4.98. The van der Waals surface area contributed by atoms with Crippen LogP contribution in [0, 0.1) is 11.8 Å². The SMILES string of the molecule is CCCN1[C@H](C(=O)NCCCN(C)C)[C@@H](CO)[C@@H]2Cn3c(ccc(C4=CCCC4)c3=O)[C@@H]21. The summed E-state index contributed by atoms with van der Waals surface area (Å²) >= 11 is 0. The summed E-state index contributed by atoms with van der Waals surface area (Å²) in [4.78, 5) is 30.9. The van der Waals surface area contributed by atoms with Gasteiger partial charge in [0, 0.05) is 42.8 Å². The summed E-state index contributed by atoms with van der Waals surface area (Å²) < 4.78 is 1.92. The molecule has 2 N–H and O–H groups in total. The molecule has 3 aliphatic rings. The second-order valence-electron chi connectivity index (χ2n) is 9.79. The van der Waals surface area contributed by atoms with Crippen LogP contribution in [0.2, 0.25) is 0 Å². The minimum Gasteiger partial charge on any atom is -0.396 e. The van der Waals surface area contributed by atoms with Gasteiger partial charge >= 0.3 is 0 Å². The first-order valence-corrected chi connectivity index (χ1v) is 12.2. The van der Waals surface area contributed by atoms with E-state index in [0.29, 0.717) is 13.1 Å². The zero-order chi connectivity index (χ0) is 22.8. The third kappa shape index (κ3) is 4.18. The number of carbonyl (C=O) groups is 1. The fourth-order valence-corrected chi connectivity index (χ4v) is 6.00. The molecule has 32 heavy (non-hydrogen) atoms. The molecule has 0 unspecified atom stereocenters. The van der Waals surface area contributed by atoms with Crippen LogP contribution in [0.4, 0.5) is 0 Å². The molecule has 4 rings (SSSR count). The van der Waals surface area contributed by atoms with E-state index in [2.05, 4.69) is 34.2 Å². The maximum atomic E-state index is 13.3. The lowest BCUT2D eigenvalue weighted by atomic mass is 9.88. The molecule has 1 amide bonds. The molecule has 1 aromatic heterocycles. The maximum Gasteiger partial charge on any atom is 0.258 e. The smallest absolute Gasteiger partial charge is 0.258 e. The van der Waals surface area contributed by atoms with Crippen LogP contribution in [0.25, 0.3) is 5.57 Å². The predicted octanol–water partition coefficient (Wildman–Crippen LogP) is 1.86. The number of fused-ring (bicyclic) bond motifs is 3. The van der Waals surface area contributed by atoms with Gasteiger partial charge in [-0.05, 0) is 77.0 Å². The van der Waals surface area contributed by atoms with Crippen LogP contribution in [-0.4, -0.2) is 71.8 Å². The highest BCUT2D eigenvalue weighted by Gasteiger charge is 2.55. The zero-order valence-electron chi connectivity index (χ0n) is 19.7. The molecule has 7 nitrogen and oxygen atoms in total. The first-order valence-electron chi connectivity index (χ1n) is 12.2. The topological polar surface area (TPSA) is 77.8 Å². The lowest BCUT2D eigenvalue weighted by molar-refractivity contribution is -0.127. The lowest BCUT2D eigenvalue weighted by Gasteiger charge is -2.30. The number of allylic oxidation sites excluding steroid dienone is 2. The first kappa shape index (κ1) is 23.2. The number of aliphatic hydroxyl groups excluding tert-OH is 1. The molecule has 1 fully saturated rings. The molecule has 0 saturated carbocycles. The molecular weight excluding hydrogens is 404 g/mol. The Bertz CT molecular complexity index is 922. The van der Waals surface area contributed by atoms with Gasteiger partial charge in [0.15, 0.2) is 0 Å². The van der Waals surface area contributed by atoms with E-state index in [0.717, 1.165) is 56.5 Å². The summed E-state index contributed by atoms with van der Waals surface area (Å²) in [5.74, 6) is -0.0919. The van der Waals surface area contributed by atoms with Crippen molar-refractivity contribution in [3.63, 3.8) is 0 Å². The summed E-state index contributed by atoms with van der Waals surface area (Å²) in [5, 5.41) is 13.4. The molecular formula is C25H38N4O3. The quantitative estimate of drug-likeness (QED) is 0.571. The molecule has 0 bridgehead atoms. The molecule has 0 spiro atoms. The van der Waals surface area contributed by atoms with Crippen LogP contribution in [0.3, 0.4) is 0 Å². The van der Waals surface area contributed by atoms with Crippen molar-refractivity contribution < 1.29 is 9.90 Å². The number of carbonyl (C=O) groups excluding carboxylic acids is 1. The van der Waals surface area contributed by atoms with Crippen molar-refractivity contribution in [2.45, 2.75) is 57.7 Å². The Morgan fingerprint density at radius 2 is 2.12 bits per heavy atom. The Morgan fingerprint density at radius 1 is 1.31 bits per heavy atom. The van der Waals surface area contributed by atoms with Crippen LogP contribution in [-0.2, 0) is 11.3 Å². The second-order valence-corrected chi connectivity index (χ2v) is 9.79. The number of nitrogens with zero attached hydrogens (tertiary/aromatic N) is 3. The molecule has 176 valence electrons. The molecule has 4 atom stereocenters. The molecule has 2 aliphatic heterocycles. The normalized spacial score (nSPS) is 27.0. The molecule has 1 saturated heterocycles. The third-order valence-corrected chi connectivity index (χ3v) is 7.41. The maximum absolute atomic E-state index is 13.3. The fraction of sp³-hybridized carbons (Fsp3) is 0.680. The van der Waals surface area contributed by atoms with Gasteiger partial charge in [-0.15, -0.1) is 0 Å². The van der Waals surface area contributed by atoms with E-state index in [4.69, 9.17) is 0 Å². The number of rotatable bonds is 9. The summed E-state index contributed by atoms with van der Waals surface area (Å²) in [5.41, 5.74) is 3.07. The van der Waals surface area contributed by atoms with Gasteiger partial charge in [-0.25, -0.2) is 0 Å². The van der Waals surface area contributed by atoms with Crippen molar-refractivity contribution in [2.24, 2.45) is 11.8 Å². The third-order valence-electron chi connectivity index (χ3n) is 7.41.